The Kier molecular flexibility index (Phi) is 3.73. The molecule has 1 fully saturated rings. The fourth-order valence-corrected chi connectivity index (χ4v) is 1.92. The summed E-state index contributed by atoms with van der Waals surface area (Å²) in [5.74, 6) is 0.784. The maximum atomic E-state index is 8.73. The van der Waals surface area contributed by atoms with Gasteiger partial charge in [-0.3, -0.25) is 0 Å². The van der Waals surface area contributed by atoms with Crippen LogP contribution in [0.15, 0.2) is 18.2 Å². The van der Waals surface area contributed by atoms with E-state index in [0.717, 1.165) is 18.9 Å². The highest BCUT2D eigenvalue weighted by Crippen LogP contribution is 2.09. The van der Waals surface area contributed by atoms with Crippen molar-refractivity contribution >= 4 is 5.82 Å². The van der Waals surface area contributed by atoms with Crippen LogP contribution in [0, 0.1) is 11.3 Å². The van der Waals surface area contributed by atoms with Gasteiger partial charge in [-0.1, -0.05) is 12.5 Å². The number of piperidine rings is 1. The van der Waals surface area contributed by atoms with Crippen molar-refractivity contribution in [3.8, 4) is 6.07 Å². The van der Waals surface area contributed by atoms with Crippen LogP contribution >= 0.6 is 0 Å². The smallest absolute Gasteiger partial charge is 0.142 e. The lowest BCUT2D eigenvalue weighted by Gasteiger charge is -2.23. The number of hydrogen-bond acceptors (Lipinski definition) is 4. The zero-order valence-electron chi connectivity index (χ0n) is 9.24. The third kappa shape index (κ3) is 2.94. The van der Waals surface area contributed by atoms with Gasteiger partial charge in [0.05, 0.1) is 0 Å². The highest BCUT2D eigenvalue weighted by Gasteiger charge is 2.11. The van der Waals surface area contributed by atoms with E-state index >= 15 is 0 Å². The average molecular weight is 216 g/mol. The van der Waals surface area contributed by atoms with Crippen LogP contribution in [0.4, 0.5) is 5.82 Å². The summed E-state index contributed by atoms with van der Waals surface area (Å²) in [7, 11) is 0. The number of anilines is 1. The first-order chi connectivity index (χ1) is 7.88. The second-order valence-corrected chi connectivity index (χ2v) is 4.05. The van der Waals surface area contributed by atoms with Gasteiger partial charge in [-0.25, -0.2) is 4.98 Å². The van der Waals surface area contributed by atoms with Crippen LogP contribution < -0.4 is 10.6 Å². The third-order valence-electron chi connectivity index (χ3n) is 2.81. The number of rotatable bonds is 3. The van der Waals surface area contributed by atoms with E-state index in [1.165, 1.54) is 19.3 Å². The molecule has 2 heterocycles. The van der Waals surface area contributed by atoms with Crippen molar-refractivity contribution in [1.82, 2.24) is 10.3 Å². The summed E-state index contributed by atoms with van der Waals surface area (Å²) >= 11 is 0. The van der Waals surface area contributed by atoms with Crippen LogP contribution in [-0.4, -0.2) is 24.1 Å². The van der Waals surface area contributed by atoms with Crippen molar-refractivity contribution < 1.29 is 0 Å². The number of hydrogen-bond donors (Lipinski definition) is 2. The number of aromatic nitrogens is 1. The Morgan fingerprint density at radius 2 is 2.44 bits per heavy atom. The molecule has 1 saturated heterocycles. The molecule has 1 aromatic heterocycles. The zero-order valence-corrected chi connectivity index (χ0v) is 9.24. The molecule has 1 unspecified atom stereocenters. The van der Waals surface area contributed by atoms with E-state index in [1.54, 1.807) is 6.07 Å². The first-order valence-electron chi connectivity index (χ1n) is 5.73. The Bertz CT molecular complexity index is 377. The minimum Gasteiger partial charge on any atom is -0.368 e. The standard InChI is InChI=1S/C12H16N4/c13-8-10-5-3-6-12(16-10)15-9-11-4-1-2-7-14-11/h3,5-6,11,14H,1-2,4,7,9H2,(H,15,16). The van der Waals surface area contributed by atoms with Crippen molar-refractivity contribution in [3.05, 3.63) is 23.9 Å². The van der Waals surface area contributed by atoms with E-state index in [2.05, 4.69) is 15.6 Å². The molecule has 16 heavy (non-hydrogen) atoms. The molecule has 0 spiro atoms. The molecule has 2 rings (SSSR count). The molecule has 1 aliphatic rings. The SMILES string of the molecule is N#Cc1cccc(NCC2CCCCN2)n1. The van der Waals surface area contributed by atoms with Crippen molar-refractivity contribution in [1.29, 1.82) is 5.26 Å². The summed E-state index contributed by atoms with van der Waals surface area (Å²) < 4.78 is 0. The second kappa shape index (κ2) is 5.47. The van der Waals surface area contributed by atoms with Gasteiger partial charge in [0.1, 0.15) is 17.6 Å². The number of pyridine rings is 1. The molecule has 0 saturated carbocycles. The molecule has 0 aromatic carbocycles. The molecule has 0 bridgehead atoms. The normalized spacial score (nSPS) is 20.1. The molecule has 0 aliphatic carbocycles. The Morgan fingerprint density at radius 1 is 1.50 bits per heavy atom. The van der Waals surface area contributed by atoms with Crippen LogP contribution in [0.1, 0.15) is 25.0 Å². The summed E-state index contributed by atoms with van der Waals surface area (Å²) in [6.07, 6.45) is 3.79. The summed E-state index contributed by atoms with van der Waals surface area (Å²) in [6, 6.07) is 8.02. The molecule has 4 heteroatoms. The summed E-state index contributed by atoms with van der Waals surface area (Å²) in [6.45, 7) is 1.99. The van der Waals surface area contributed by atoms with Gasteiger partial charge in [0.2, 0.25) is 0 Å². The Hall–Kier alpha value is -1.60. The van der Waals surface area contributed by atoms with E-state index in [-0.39, 0.29) is 0 Å². The van der Waals surface area contributed by atoms with Crippen LogP contribution in [0.5, 0.6) is 0 Å². The third-order valence-corrected chi connectivity index (χ3v) is 2.81. The highest BCUT2D eigenvalue weighted by atomic mass is 15.0. The van der Waals surface area contributed by atoms with Gasteiger partial charge in [0, 0.05) is 12.6 Å². The van der Waals surface area contributed by atoms with Crippen molar-refractivity contribution in [2.24, 2.45) is 0 Å². The van der Waals surface area contributed by atoms with Crippen molar-refractivity contribution in [3.63, 3.8) is 0 Å². The summed E-state index contributed by atoms with van der Waals surface area (Å²) in [4.78, 5) is 4.18. The van der Waals surface area contributed by atoms with Crippen LogP contribution in [0.25, 0.3) is 0 Å². The highest BCUT2D eigenvalue weighted by molar-refractivity contribution is 5.38. The van der Waals surface area contributed by atoms with Crippen LogP contribution in [-0.2, 0) is 0 Å². The first-order valence-corrected chi connectivity index (χ1v) is 5.73. The summed E-state index contributed by atoms with van der Waals surface area (Å²) in [5, 5.41) is 15.5. The number of nitriles is 1. The van der Waals surface area contributed by atoms with Gasteiger partial charge < -0.3 is 10.6 Å². The molecule has 0 amide bonds. The topological polar surface area (TPSA) is 60.7 Å². The molecular formula is C12H16N4. The molecule has 0 radical (unpaired) electrons. The Balaban J connectivity index is 1.86. The second-order valence-electron chi connectivity index (χ2n) is 4.05. The minimum absolute atomic E-state index is 0.460. The van der Waals surface area contributed by atoms with Gasteiger partial charge in [-0.05, 0) is 31.5 Å². The minimum atomic E-state index is 0.460. The van der Waals surface area contributed by atoms with Crippen molar-refractivity contribution in [2.75, 3.05) is 18.4 Å². The average Bonchev–Trinajstić information content (AvgIpc) is 2.38. The lowest BCUT2D eigenvalue weighted by molar-refractivity contribution is 0.414. The van der Waals surface area contributed by atoms with Gasteiger partial charge in [0.15, 0.2) is 0 Å². The molecule has 1 aromatic rings. The number of nitrogens with one attached hydrogen (secondary N) is 2. The molecule has 2 N–H and O–H groups in total. The maximum Gasteiger partial charge on any atom is 0.142 e. The molecule has 4 nitrogen and oxygen atoms in total. The molecule has 84 valence electrons. The van der Waals surface area contributed by atoms with Crippen LogP contribution in [0.2, 0.25) is 0 Å². The van der Waals surface area contributed by atoms with Crippen molar-refractivity contribution in [2.45, 2.75) is 25.3 Å². The molecular weight excluding hydrogens is 200 g/mol. The van der Waals surface area contributed by atoms with Gasteiger partial charge in [-0.2, -0.15) is 5.26 Å². The first kappa shape index (κ1) is 10.9. The predicted octanol–water partition coefficient (Wildman–Crippen LogP) is 1.51. The van der Waals surface area contributed by atoms with Gasteiger partial charge >= 0.3 is 0 Å². The van der Waals surface area contributed by atoms with E-state index in [0.29, 0.717) is 11.7 Å². The predicted molar refractivity (Wildman–Crippen MR) is 63.1 cm³/mol. The van der Waals surface area contributed by atoms with E-state index in [9.17, 15) is 0 Å². The summed E-state index contributed by atoms with van der Waals surface area (Å²) in [5.41, 5.74) is 0.460. The quantitative estimate of drug-likeness (QED) is 0.804. The maximum absolute atomic E-state index is 8.73. The van der Waals surface area contributed by atoms with E-state index in [4.69, 9.17) is 5.26 Å². The van der Waals surface area contributed by atoms with Gasteiger partial charge in [0.25, 0.3) is 0 Å². The van der Waals surface area contributed by atoms with E-state index in [1.807, 2.05) is 18.2 Å². The Morgan fingerprint density at radius 3 is 3.19 bits per heavy atom. The zero-order chi connectivity index (χ0) is 11.2. The lowest BCUT2D eigenvalue weighted by atomic mass is 10.1. The molecule has 1 atom stereocenters. The fraction of sp³-hybridized carbons (Fsp3) is 0.500. The van der Waals surface area contributed by atoms with E-state index < -0.39 is 0 Å². The lowest BCUT2D eigenvalue weighted by Crippen LogP contribution is -2.39. The number of nitrogens with zero attached hydrogens (tertiary/aromatic N) is 2. The molecule has 1 aliphatic heterocycles. The largest absolute Gasteiger partial charge is 0.368 e. The Labute approximate surface area is 95.7 Å². The monoisotopic (exact) mass is 216 g/mol. The van der Waals surface area contributed by atoms with Gasteiger partial charge in [-0.15, -0.1) is 0 Å². The van der Waals surface area contributed by atoms with Crippen LogP contribution in [0.3, 0.4) is 0 Å². The fourth-order valence-electron chi connectivity index (χ4n) is 1.92.